The average Bonchev–Trinajstić information content (AvgIpc) is 2.80. The molecule has 2 amide bonds. The number of aryl methyl sites for hydroxylation is 1. The van der Waals surface area contributed by atoms with Gasteiger partial charge in [0.15, 0.2) is 5.96 Å². The molecule has 8 N–H and O–H groups in total. The number of anilines is 1. The van der Waals surface area contributed by atoms with Crippen molar-refractivity contribution >= 4 is 45.4 Å². The van der Waals surface area contributed by atoms with Crippen molar-refractivity contribution in [2.45, 2.75) is 25.5 Å². The molecule has 1 heterocycles. The Bertz CT molecular complexity index is 1200. The second-order valence-electron chi connectivity index (χ2n) is 8.18. The van der Waals surface area contributed by atoms with E-state index >= 15 is 0 Å². The van der Waals surface area contributed by atoms with Crippen LogP contribution in [-0.2, 0) is 9.59 Å². The number of aliphatic imine (C=N–C) groups is 1. The number of halogens is 1. The van der Waals surface area contributed by atoms with Gasteiger partial charge in [0.05, 0.1) is 31.7 Å². The lowest BCUT2D eigenvalue weighted by Gasteiger charge is -2.20. The van der Waals surface area contributed by atoms with Gasteiger partial charge in [0.25, 0.3) is 5.91 Å². The second-order valence-corrected chi connectivity index (χ2v) is 9.09. The molecule has 2 aromatic carbocycles. The number of nitrogens with one attached hydrogen (secondary N) is 4. The number of phenols is 2. The van der Waals surface area contributed by atoms with E-state index in [1.165, 1.54) is 24.3 Å². The molecular formula is C23H26BrN5O7. The fourth-order valence-electron chi connectivity index (χ4n) is 3.51. The summed E-state index contributed by atoms with van der Waals surface area (Å²) in [6.45, 7) is 1.67. The molecule has 0 saturated heterocycles. The van der Waals surface area contributed by atoms with Crippen LogP contribution in [0, 0.1) is 6.92 Å². The van der Waals surface area contributed by atoms with E-state index in [2.05, 4.69) is 42.2 Å². The smallest absolute Gasteiger partial charge is 0.305 e. The zero-order valence-corrected chi connectivity index (χ0v) is 20.8. The van der Waals surface area contributed by atoms with E-state index in [0.717, 1.165) is 0 Å². The number of aromatic hydroxyl groups is 2. The third-order valence-electron chi connectivity index (χ3n) is 5.20. The fraction of sp³-hybridized carbons (Fsp3) is 0.304. The van der Waals surface area contributed by atoms with Crippen molar-refractivity contribution in [3.05, 3.63) is 51.5 Å². The van der Waals surface area contributed by atoms with E-state index in [1.54, 1.807) is 13.0 Å². The predicted molar refractivity (Wildman–Crippen MR) is 134 cm³/mol. The molecule has 2 unspecified atom stereocenters. The van der Waals surface area contributed by atoms with Gasteiger partial charge in [-0.2, -0.15) is 0 Å². The number of nitrogens with zero attached hydrogens (tertiary/aromatic N) is 1. The summed E-state index contributed by atoms with van der Waals surface area (Å²) >= 11 is 3.29. The van der Waals surface area contributed by atoms with Crippen LogP contribution < -0.4 is 21.3 Å². The van der Waals surface area contributed by atoms with Crippen LogP contribution in [0.1, 0.15) is 33.9 Å². The van der Waals surface area contributed by atoms with Crippen LogP contribution in [-0.4, -0.2) is 69.9 Å². The van der Waals surface area contributed by atoms with Crippen molar-refractivity contribution in [1.29, 1.82) is 0 Å². The van der Waals surface area contributed by atoms with Gasteiger partial charge in [-0.3, -0.25) is 19.4 Å². The van der Waals surface area contributed by atoms with Crippen molar-refractivity contribution in [3.8, 4) is 11.5 Å². The molecule has 0 fully saturated rings. The number of guanidine groups is 1. The van der Waals surface area contributed by atoms with E-state index in [1.807, 2.05) is 0 Å². The molecule has 1 aliphatic rings. The minimum absolute atomic E-state index is 0.0593. The first kappa shape index (κ1) is 26.8. The van der Waals surface area contributed by atoms with Gasteiger partial charge in [0, 0.05) is 33.9 Å². The van der Waals surface area contributed by atoms with E-state index in [0.29, 0.717) is 28.2 Å². The van der Waals surface area contributed by atoms with E-state index in [9.17, 15) is 34.8 Å². The minimum Gasteiger partial charge on any atom is -0.508 e. The first-order valence-corrected chi connectivity index (χ1v) is 11.7. The average molecular weight is 564 g/mol. The number of carboxylic acid groups (broad SMARTS) is 1. The maximum atomic E-state index is 12.6. The summed E-state index contributed by atoms with van der Waals surface area (Å²) in [6.07, 6.45) is -1.08. The number of phenolic OH excluding ortho intramolecular Hbond substituents is 2. The Balaban J connectivity index is 1.66. The Labute approximate surface area is 214 Å². The molecule has 13 heteroatoms. The predicted octanol–water partition coefficient (Wildman–Crippen LogP) is 0.963. The van der Waals surface area contributed by atoms with Crippen LogP contribution in [0.25, 0.3) is 0 Å². The summed E-state index contributed by atoms with van der Waals surface area (Å²) in [6, 6.07) is 6.16. The lowest BCUT2D eigenvalue weighted by atomic mass is 10.00. The number of rotatable bonds is 8. The highest BCUT2D eigenvalue weighted by molar-refractivity contribution is 9.10. The molecule has 2 atom stereocenters. The first-order valence-electron chi connectivity index (χ1n) is 10.9. The molecule has 36 heavy (non-hydrogen) atoms. The molecule has 3 rings (SSSR count). The molecule has 12 nitrogen and oxygen atoms in total. The summed E-state index contributed by atoms with van der Waals surface area (Å²) in [7, 11) is 0. The summed E-state index contributed by atoms with van der Waals surface area (Å²) in [5, 5.41) is 49.9. The third kappa shape index (κ3) is 7.33. The largest absolute Gasteiger partial charge is 0.508 e. The van der Waals surface area contributed by atoms with Crippen LogP contribution in [0.5, 0.6) is 11.5 Å². The molecule has 2 aromatic rings. The van der Waals surface area contributed by atoms with Gasteiger partial charge in [0.1, 0.15) is 11.5 Å². The topological polar surface area (TPSA) is 193 Å². The van der Waals surface area contributed by atoms with Crippen molar-refractivity contribution in [2.24, 2.45) is 4.99 Å². The highest BCUT2D eigenvalue weighted by Gasteiger charge is 2.23. The highest BCUT2D eigenvalue weighted by Crippen LogP contribution is 2.32. The highest BCUT2D eigenvalue weighted by atomic mass is 79.9. The number of benzene rings is 2. The number of amides is 2. The number of carbonyl (C=O) groups is 3. The first-order chi connectivity index (χ1) is 17.0. The summed E-state index contributed by atoms with van der Waals surface area (Å²) in [4.78, 5) is 40.6. The monoisotopic (exact) mass is 563 g/mol. The maximum absolute atomic E-state index is 12.6. The standard InChI is InChI=1S/C23H26BrN5O7/c1-11-2-13(24)5-17(21(11)35)18(7-20(33)34)29-19(32)10-25-22(36)12-3-14(6-15(30)4-12)28-23-26-8-16(31)9-27-23/h2-6,16,18,30-31,35H,7-10H2,1H3,(H,25,36)(H,29,32)(H,33,34)(H2,26,27,28). The molecule has 192 valence electrons. The SMILES string of the molecule is Cc1cc(Br)cc(C(CC(=O)O)NC(=O)CNC(=O)c2cc(O)cc(NC3=NCC(O)CN3)c2)c1O. The number of aliphatic hydroxyl groups is 1. The Kier molecular flexibility index (Phi) is 8.72. The van der Waals surface area contributed by atoms with Crippen LogP contribution in [0.3, 0.4) is 0 Å². The van der Waals surface area contributed by atoms with Crippen LogP contribution >= 0.6 is 15.9 Å². The second kappa shape index (κ2) is 11.7. The van der Waals surface area contributed by atoms with E-state index < -0.39 is 42.9 Å². The molecular weight excluding hydrogens is 538 g/mol. The van der Waals surface area contributed by atoms with Gasteiger partial charge in [-0.05, 0) is 36.8 Å². The van der Waals surface area contributed by atoms with Crippen LogP contribution in [0.4, 0.5) is 5.69 Å². The molecule has 0 aromatic heterocycles. The Morgan fingerprint density at radius 3 is 2.61 bits per heavy atom. The number of carboxylic acids is 1. The van der Waals surface area contributed by atoms with Gasteiger partial charge in [-0.25, -0.2) is 0 Å². The Hall–Kier alpha value is -3.84. The normalized spacial score (nSPS) is 15.8. The summed E-state index contributed by atoms with van der Waals surface area (Å²) < 4.78 is 0.601. The Morgan fingerprint density at radius 1 is 1.19 bits per heavy atom. The quantitative estimate of drug-likeness (QED) is 0.231. The molecule has 0 aliphatic carbocycles. The van der Waals surface area contributed by atoms with Gasteiger partial charge < -0.3 is 41.7 Å². The number of aliphatic hydroxyl groups excluding tert-OH is 1. The van der Waals surface area contributed by atoms with Crippen molar-refractivity contribution in [1.82, 2.24) is 16.0 Å². The van der Waals surface area contributed by atoms with Gasteiger partial charge in [-0.1, -0.05) is 15.9 Å². The zero-order valence-electron chi connectivity index (χ0n) is 19.2. The van der Waals surface area contributed by atoms with Crippen molar-refractivity contribution < 1.29 is 34.8 Å². The molecule has 0 saturated carbocycles. The van der Waals surface area contributed by atoms with E-state index in [-0.39, 0.29) is 29.2 Å². The van der Waals surface area contributed by atoms with E-state index in [4.69, 9.17) is 0 Å². The number of aliphatic carboxylic acids is 1. The van der Waals surface area contributed by atoms with Gasteiger partial charge >= 0.3 is 5.97 Å². The lowest BCUT2D eigenvalue weighted by molar-refractivity contribution is -0.137. The summed E-state index contributed by atoms with van der Waals surface area (Å²) in [5.74, 6) is -2.49. The number of hydrogen-bond acceptors (Lipinski definition) is 9. The minimum atomic E-state index is -1.19. The zero-order chi connectivity index (χ0) is 26.4. The number of β-amino-alcohol motifs (C(OH)–C–C–N with tert-alkyl or cyclic N) is 1. The van der Waals surface area contributed by atoms with Crippen molar-refractivity contribution in [2.75, 3.05) is 25.0 Å². The fourth-order valence-corrected chi connectivity index (χ4v) is 4.10. The molecule has 0 radical (unpaired) electrons. The summed E-state index contributed by atoms with van der Waals surface area (Å²) in [5.41, 5.74) is 1.13. The number of carbonyl (C=O) groups excluding carboxylic acids is 2. The van der Waals surface area contributed by atoms with Crippen LogP contribution in [0.15, 0.2) is 39.8 Å². The molecule has 0 spiro atoms. The van der Waals surface area contributed by atoms with Gasteiger partial charge in [0.2, 0.25) is 5.91 Å². The Morgan fingerprint density at radius 2 is 1.94 bits per heavy atom. The van der Waals surface area contributed by atoms with Gasteiger partial charge in [-0.15, -0.1) is 0 Å². The van der Waals surface area contributed by atoms with Crippen LogP contribution in [0.2, 0.25) is 0 Å². The van der Waals surface area contributed by atoms with Crippen molar-refractivity contribution in [3.63, 3.8) is 0 Å². The molecule has 1 aliphatic heterocycles. The lowest BCUT2D eigenvalue weighted by Crippen LogP contribution is -2.42. The number of hydrogen-bond donors (Lipinski definition) is 8. The molecule has 0 bridgehead atoms. The third-order valence-corrected chi connectivity index (χ3v) is 5.66. The maximum Gasteiger partial charge on any atom is 0.305 e.